The van der Waals surface area contributed by atoms with Crippen molar-refractivity contribution < 1.29 is 4.79 Å². The molecule has 0 saturated carbocycles. The van der Waals surface area contributed by atoms with Gasteiger partial charge in [0.25, 0.3) is 0 Å². The average molecular weight is 262 g/mol. The summed E-state index contributed by atoms with van der Waals surface area (Å²) < 4.78 is 0. The number of aromatic nitrogens is 1. The summed E-state index contributed by atoms with van der Waals surface area (Å²) in [5.41, 5.74) is 4.43. The van der Waals surface area contributed by atoms with Gasteiger partial charge in [0.15, 0.2) is 0 Å². The van der Waals surface area contributed by atoms with Gasteiger partial charge in [0.1, 0.15) is 0 Å². The summed E-state index contributed by atoms with van der Waals surface area (Å²) in [4.78, 5) is 15.5. The van der Waals surface area contributed by atoms with E-state index in [1.54, 1.807) is 0 Å². The molecular formula is C17H14N2O. The molecule has 2 N–H and O–H groups in total. The van der Waals surface area contributed by atoms with Gasteiger partial charge in [-0.3, -0.25) is 4.79 Å². The largest absolute Gasteiger partial charge is 0.356 e. The first kappa shape index (κ1) is 11.3. The zero-order valence-corrected chi connectivity index (χ0v) is 10.9. The molecular weight excluding hydrogens is 248 g/mol. The normalized spacial score (nSPS) is 17.8. The number of para-hydroxylation sites is 1. The topological polar surface area (TPSA) is 44.9 Å². The second-order valence-electron chi connectivity index (χ2n) is 5.15. The molecule has 1 amide bonds. The SMILES string of the molecule is O=C1Cc2c([nH]c3ccccc23)C(c2ccccc2)N1. The van der Waals surface area contributed by atoms with Crippen molar-refractivity contribution in [3.8, 4) is 0 Å². The second kappa shape index (κ2) is 4.23. The molecule has 0 fully saturated rings. The fourth-order valence-corrected chi connectivity index (χ4v) is 3.00. The lowest BCUT2D eigenvalue weighted by molar-refractivity contribution is -0.121. The van der Waals surface area contributed by atoms with Gasteiger partial charge in [-0.05, 0) is 17.2 Å². The molecule has 0 aliphatic carbocycles. The van der Waals surface area contributed by atoms with Crippen molar-refractivity contribution in [3.63, 3.8) is 0 Å². The molecule has 20 heavy (non-hydrogen) atoms. The second-order valence-corrected chi connectivity index (χ2v) is 5.15. The van der Waals surface area contributed by atoms with E-state index in [-0.39, 0.29) is 11.9 Å². The Balaban J connectivity index is 1.95. The van der Waals surface area contributed by atoms with E-state index in [4.69, 9.17) is 0 Å². The van der Waals surface area contributed by atoms with Crippen molar-refractivity contribution >= 4 is 16.8 Å². The number of amides is 1. The average Bonchev–Trinajstić information content (AvgIpc) is 2.86. The van der Waals surface area contributed by atoms with E-state index in [2.05, 4.69) is 22.4 Å². The van der Waals surface area contributed by atoms with Crippen LogP contribution in [0.15, 0.2) is 54.6 Å². The molecule has 2 aromatic carbocycles. The van der Waals surface area contributed by atoms with E-state index in [1.807, 2.05) is 42.5 Å². The lowest BCUT2D eigenvalue weighted by atomic mass is 9.94. The van der Waals surface area contributed by atoms with Crippen LogP contribution in [0.4, 0.5) is 0 Å². The van der Waals surface area contributed by atoms with Crippen LogP contribution in [0.3, 0.4) is 0 Å². The molecule has 3 aromatic rings. The van der Waals surface area contributed by atoms with Crippen LogP contribution in [0.5, 0.6) is 0 Å². The third kappa shape index (κ3) is 1.63. The van der Waals surface area contributed by atoms with Gasteiger partial charge in [-0.15, -0.1) is 0 Å². The monoisotopic (exact) mass is 262 g/mol. The van der Waals surface area contributed by atoms with E-state index in [0.717, 1.165) is 27.7 Å². The highest BCUT2D eigenvalue weighted by atomic mass is 16.1. The molecule has 98 valence electrons. The highest BCUT2D eigenvalue weighted by Crippen LogP contribution is 2.33. The molecule has 1 unspecified atom stereocenters. The Morgan fingerprint density at radius 2 is 1.70 bits per heavy atom. The molecule has 1 atom stereocenters. The van der Waals surface area contributed by atoms with Crippen molar-refractivity contribution in [3.05, 3.63) is 71.4 Å². The van der Waals surface area contributed by atoms with Gasteiger partial charge in [0.2, 0.25) is 5.91 Å². The van der Waals surface area contributed by atoms with Gasteiger partial charge in [-0.1, -0.05) is 48.5 Å². The maximum atomic E-state index is 12.0. The summed E-state index contributed by atoms with van der Waals surface area (Å²) in [5, 5.41) is 4.23. The number of benzene rings is 2. The summed E-state index contributed by atoms with van der Waals surface area (Å²) in [7, 11) is 0. The molecule has 0 saturated heterocycles. The summed E-state index contributed by atoms with van der Waals surface area (Å²) in [6.45, 7) is 0. The van der Waals surface area contributed by atoms with Crippen molar-refractivity contribution in [1.29, 1.82) is 0 Å². The molecule has 0 bridgehead atoms. The van der Waals surface area contributed by atoms with Gasteiger partial charge in [0.05, 0.1) is 12.5 Å². The minimum atomic E-state index is -0.0835. The van der Waals surface area contributed by atoms with E-state index in [0.29, 0.717) is 6.42 Å². The molecule has 1 aromatic heterocycles. The predicted octanol–water partition coefficient (Wildman–Crippen LogP) is 2.93. The van der Waals surface area contributed by atoms with E-state index < -0.39 is 0 Å². The fourth-order valence-electron chi connectivity index (χ4n) is 3.00. The van der Waals surface area contributed by atoms with Crippen LogP contribution in [-0.4, -0.2) is 10.9 Å². The molecule has 2 heterocycles. The van der Waals surface area contributed by atoms with Gasteiger partial charge in [-0.25, -0.2) is 0 Å². The third-order valence-electron chi connectivity index (χ3n) is 3.91. The van der Waals surface area contributed by atoms with Crippen LogP contribution in [0.1, 0.15) is 22.9 Å². The maximum absolute atomic E-state index is 12.0. The Kier molecular flexibility index (Phi) is 2.39. The Bertz CT molecular complexity index is 789. The molecule has 0 radical (unpaired) electrons. The first-order chi connectivity index (χ1) is 9.83. The molecule has 1 aliphatic heterocycles. The number of H-pyrrole nitrogens is 1. The molecule has 3 heteroatoms. The van der Waals surface area contributed by atoms with Crippen LogP contribution in [0.2, 0.25) is 0 Å². The first-order valence-corrected chi connectivity index (χ1v) is 6.77. The highest BCUT2D eigenvalue weighted by molar-refractivity contribution is 5.92. The van der Waals surface area contributed by atoms with Crippen LogP contribution in [0, 0.1) is 0 Å². The lowest BCUT2D eigenvalue weighted by Crippen LogP contribution is -2.35. The van der Waals surface area contributed by atoms with Crippen molar-refractivity contribution in [2.45, 2.75) is 12.5 Å². The number of aromatic amines is 1. The van der Waals surface area contributed by atoms with Crippen LogP contribution in [0.25, 0.3) is 10.9 Å². The van der Waals surface area contributed by atoms with E-state index in [9.17, 15) is 4.79 Å². The smallest absolute Gasteiger partial charge is 0.225 e. The zero-order chi connectivity index (χ0) is 13.5. The van der Waals surface area contributed by atoms with Crippen molar-refractivity contribution in [2.24, 2.45) is 0 Å². The first-order valence-electron chi connectivity index (χ1n) is 6.77. The number of carbonyl (C=O) groups is 1. The fraction of sp³-hybridized carbons (Fsp3) is 0.118. The van der Waals surface area contributed by atoms with Crippen LogP contribution < -0.4 is 5.32 Å². The van der Waals surface area contributed by atoms with Crippen LogP contribution in [-0.2, 0) is 11.2 Å². The third-order valence-corrected chi connectivity index (χ3v) is 3.91. The Morgan fingerprint density at radius 1 is 0.950 bits per heavy atom. The number of nitrogens with one attached hydrogen (secondary N) is 2. The Hall–Kier alpha value is -2.55. The summed E-state index contributed by atoms with van der Waals surface area (Å²) >= 11 is 0. The predicted molar refractivity (Wildman–Crippen MR) is 78.4 cm³/mol. The molecule has 3 nitrogen and oxygen atoms in total. The van der Waals surface area contributed by atoms with Gasteiger partial charge in [0, 0.05) is 16.6 Å². The minimum Gasteiger partial charge on any atom is -0.356 e. The standard InChI is InChI=1S/C17H14N2O/c20-15-10-13-12-8-4-5-9-14(12)18-17(13)16(19-15)11-6-2-1-3-7-11/h1-9,16,18H,10H2,(H,19,20). The van der Waals surface area contributed by atoms with E-state index in [1.165, 1.54) is 0 Å². The minimum absolute atomic E-state index is 0.0797. The van der Waals surface area contributed by atoms with Crippen LogP contribution >= 0.6 is 0 Å². The Labute approximate surface area is 116 Å². The van der Waals surface area contributed by atoms with Crippen molar-refractivity contribution in [2.75, 3.05) is 0 Å². The number of hydrogen-bond acceptors (Lipinski definition) is 1. The lowest BCUT2D eigenvalue weighted by Gasteiger charge is -2.24. The number of carbonyl (C=O) groups excluding carboxylic acids is 1. The summed E-state index contributed by atoms with van der Waals surface area (Å²) in [6, 6.07) is 18.1. The Morgan fingerprint density at radius 3 is 2.55 bits per heavy atom. The molecule has 1 aliphatic rings. The number of hydrogen-bond donors (Lipinski definition) is 2. The highest BCUT2D eigenvalue weighted by Gasteiger charge is 2.28. The van der Waals surface area contributed by atoms with Gasteiger partial charge >= 0.3 is 0 Å². The number of fused-ring (bicyclic) bond motifs is 3. The van der Waals surface area contributed by atoms with E-state index >= 15 is 0 Å². The maximum Gasteiger partial charge on any atom is 0.225 e. The zero-order valence-electron chi connectivity index (χ0n) is 10.9. The molecule has 4 rings (SSSR count). The summed E-state index contributed by atoms with van der Waals surface area (Å²) in [5.74, 6) is 0.0797. The van der Waals surface area contributed by atoms with Gasteiger partial charge < -0.3 is 10.3 Å². The van der Waals surface area contributed by atoms with Crippen molar-refractivity contribution in [1.82, 2.24) is 10.3 Å². The summed E-state index contributed by atoms with van der Waals surface area (Å²) in [6.07, 6.45) is 0.447. The quantitative estimate of drug-likeness (QED) is 0.696. The number of rotatable bonds is 1. The molecule has 0 spiro atoms. The van der Waals surface area contributed by atoms with Gasteiger partial charge in [-0.2, -0.15) is 0 Å².